The Kier molecular flexibility index (Phi) is 9.21. The van der Waals surface area contributed by atoms with E-state index in [2.05, 4.69) is 12.5 Å². The van der Waals surface area contributed by atoms with E-state index in [1.54, 1.807) is 0 Å². The molecule has 0 aromatic carbocycles. The molecule has 0 aromatic heterocycles. The van der Waals surface area contributed by atoms with Gasteiger partial charge in [-0.1, -0.05) is 0 Å². The second-order valence-electron chi connectivity index (χ2n) is 2.03. The van der Waals surface area contributed by atoms with Crippen molar-refractivity contribution in [3.8, 4) is 0 Å². The van der Waals surface area contributed by atoms with Gasteiger partial charge in [-0.2, -0.15) is 0 Å². The Labute approximate surface area is 71.1 Å². The highest BCUT2D eigenvalue weighted by atomic mass is 35.5. The summed E-state index contributed by atoms with van der Waals surface area (Å²) in [5, 5.41) is 0. The first-order valence-electron chi connectivity index (χ1n) is 2.80. The van der Waals surface area contributed by atoms with Gasteiger partial charge in [-0.25, -0.2) is 0 Å². The average Bonchev–Trinajstić information content (AvgIpc) is 1.63. The first-order valence-corrected chi connectivity index (χ1v) is 5.01. The van der Waals surface area contributed by atoms with Gasteiger partial charge in [0, 0.05) is 6.92 Å². The minimum Gasteiger partial charge on any atom is -1.00 e. The van der Waals surface area contributed by atoms with E-state index in [1.807, 2.05) is 0 Å². The molecule has 0 amide bonds. The maximum Gasteiger partial charge on any atom is 0.302 e. The first-order chi connectivity index (χ1) is 4.13. The van der Waals surface area contributed by atoms with Crippen molar-refractivity contribution in [2.75, 3.05) is 24.9 Å². The second kappa shape index (κ2) is 7.22. The Hall–Kier alpha value is 0.110. The Morgan fingerprint density at radius 2 is 2.00 bits per heavy atom. The topological polar surface area (TPSA) is 26.3 Å². The molecule has 10 heavy (non-hydrogen) atoms. The fraction of sp³-hybridized carbons (Fsp3) is 0.833. The van der Waals surface area contributed by atoms with Crippen LogP contribution in [0.3, 0.4) is 0 Å². The van der Waals surface area contributed by atoms with E-state index in [-0.39, 0.29) is 18.4 Å². The van der Waals surface area contributed by atoms with Gasteiger partial charge in [-0.3, -0.25) is 4.79 Å². The standard InChI is InChI=1S/C6H13O2S.ClH/c1-6(7)8-4-5-9(2)3;/h4-5H2,1-3H3;1H/q+1;/p-1. The predicted octanol–water partition coefficient (Wildman–Crippen LogP) is -2.57. The van der Waals surface area contributed by atoms with Crippen LogP contribution >= 0.6 is 0 Å². The molecule has 0 unspecified atom stereocenters. The van der Waals surface area contributed by atoms with Gasteiger partial charge in [0.2, 0.25) is 0 Å². The van der Waals surface area contributed by atoms with Gasteiger partial charge in [-0.15, -0.1) is 0 Å². The fourth-order valence-electron chi connectivity index (χ4n) is 0.352. The molecule has 0 fully saturated rings. The van der Waals surface area contributed by atoms with E-state index in [9.17, 15) is 4.79 Å². The van der Waals surface area contributed by atoms with Crippen LogP contribution in [-0.4, -0.2) is 30.8 Å². The third kappa shape index (κ3) is 11.0. The maximum atomic E-state index is 10.2. The summed E-state index contributed by atoms with van der Waals surface area (Å²) in [6.45, 7) is 2.01. The van der Waals surface area contributed by atoms with Crippen molar-refractivity contribution in [2.24, 2.45) is 0 Å². The molecular formula is C6H13ClO2S. The zero-order valence-electron chi connectivity index (χ0n) is 6.52. The molecule has 0 aromatic rings. The van der Waals surface area contributed by atoms with Crippen molar-refractivity contribution in [3.05, 3.63) is 0 Å². The molecular weight excluding hydrogens is 172 g/mol. The molecule has 0 saturated heterocycles. The van der Waals surface area contributed by atoms with Gasteiger partial charge in [0.1, 0.15) is 12.4 Å². The molecule has 0 spiro atoms. The number of hydrogen-bond donors (Lipinski definition) is 0. The van der Waals surface area contributed by atoms with Crippen LogP contribution in [-0.2, 0) is 20.4 Å². The highest BCUT2D eigenvalue weighted by molar-refractivity contribution is 7.95. The van der Waals surface area contributed by atoms with E-state index < -0.39 is 0 Å². The molecule has 0 aliphatic heterocycles. The molecule has 0 bridgehead atoms. The van der Waals surface area contributed by atoms with E-state index in [0.29, 0.717) is 17.5 Å². The molecule has 0 aliphatic carbocycles. The van der Waals surface area contributed by atoms with Crippen molar-refractivity contribution < 1.29 is 21.9 Å². The Morgan fingerprint density at radius 3 is 2.30 bits per heavy atom. The molecule has 0 heterocycles. The molecule has 0 N–H and O–H groups in total. The van der Waals surface area contributed by atoms with Crippen molar-refractivity contribution in [3.63, 3.8) is 0 Å². The number of ether oxygens (including phenoxy) is 1. The van der Waals surface area contributed by atoms with Crippen molar-refractivity contribution >= 4 is 16.9 Å². The number of carbonyl (C=O) groups excluding carboxylic acids is 1. The van der Waals surface area contributed by atoms with Gasteiger partial charge in [0.05, 0.1) is 12.5 Å². The molecule has 0 aliphatic rings. The van der Waals surface area contributed by atoms with Crippen molar-refractivity contribution in [2.45, 2.75) is 6.92 Å². The lowest BCUT2D eigenvalue weighted by Gasteiger charge is -1.97. The fourth-order valence-corrected chi connectivity index (χ4v) is 0.769. The molecule has 2 nitrogen and oxygen atoms in total. The third-order valence-corrected chi connectivity index (χ3v) is 1.78. The Bertz CT molecular complexity index is 95.7. The van der Waals surface area contributed by atoms with Crippen molar-refractivity contribution in [1.29, 1.82) is 0 Å². The SMILES string of the molecule is CC(=O)OCC[S+](C)C.[Cl-]. The Morgan fingerprint density at radius 1 is 1.50 bits per heavy atom. The zero-order valence-corrected chi connectivity index (χ0v) is 8.09. The summed E-state index contributed by atoms with van der Waals surface area (Å²) in [7, 11) is 0.391. The van der Waals surface area contributed by atoms with Crippen LogP contribution in [0.1, 0.15) is 6.92 Å². The number of rotatable bonds is 3. The normalized spacial score (nSPS) is 8.80. The van der Waals surface area contributed by atoms with Gasteiger partial charge in [0.25, 0.3) is 0 Å². The Balaban J connectivity index is 0. The van der Waals surface area contributed by atoms with Gasteiger partial charge in [-0.05, 0) is 10.9 Å². The second-order valence-corrected chi connectivity index (χ2v) is 4.41. The van der Waals surface area contributed by atoms with Gasteiger partial charge >= 0.3 is 5.97 Å². The average molecular weight is 185 g/mol. The van der Waals surface area contributed by atoms with Crippen LogP contribution in [0.4, 0.5) is 0 Å². The molecule has 0 rings (SSSR count). The number of halogens is 1. The summed E-state index contributed by atoms with van der Waals surface area (Å²) < 4.78 is 4.72. The summed E-state index contributed by atoms with van der Waals surface area (Å²) >= 11 is 0. The minimum atomic E-state index is -0.180. The number of hydrogen-bond acceptors (Lipinski definition) is 2. The smallest absolute Gasteiger partial charge is 0.302 e. The lowest BCUT2D eigenvalue weighted by Crippen LogP contribution is -3.00. The minimum absolute atomic E-state index is 0. The van der Waals surface area contributed by atoms with Crippen molar-refractivity contribution in [1.82, 2.24) is 0 Å². The molecule has 62 valence electrons. The lowest BCUT2D eigenvalue weighted by atomic mass is 10.8. The van der Waals surface area contributed by atoms with E-state index in [0.717, 1.165) is 5.75 Å². The quantitative estimate of drug-likeness (QED) is 0.356. The highest BCUT2D eigenvalue weighted by Crippen LogP contribution is 1.84. The van der Waals surface area contributed by atoms with Crippen LogP contribution in [0, 0.1) is 0 Å². The summed E-state index contributed by atoms with van der Waals surface area (Å²) in [5.74, 6) is 0.806. The van der Waals surface area contributed by atoms with Gasteiger partial charge < -0.3 is 17.1 Å². The summed E-state index contributed by atoms with van der Waals surface area (Å²) in [4.78, 5) is 10.2. The van der Waals surface area contributed by atoms with Crippen LogP contribution < -0.4 is 12.4 Å². The van der Waals surface area contributed by atoms with E-state index >= 15 is 0 Å². The predicted molar refractivity (Wildman–Crippen MR) is 40.7 cm³/mol. The lowest BCUT2D eigenvalue weighted by molar-refractivity contribution is -0.140. The molecule has 0 saturated carbocycles. The summed E-state index contributed by atoms with van der Waals surface area (Å²) in [6.07, 6.45) is 4.26. The summed E-state index contributed by atoms with van der Waals surface area (Å²) in [5.41, 5.74) is 0. The molecule has 0 atom stereocenters. The van der Waals surface area contributed by atoms with Crippen LogP contribution in [0.15, 0.2) is 0 Å². The summed E-state index contributed by atoms with van der Waals surface area (Å²) in [6, 6.07) is 0. The van der Waals surface area contributed by atoms with E-state index in [4.69, 9.17) is 4.74 Å². The third-order valence-electron chi connectivity index (χ3n) is 0.797. The molecule has 4 heteroatoms. The first kappa shape index (κ1) is 12.8. The monoisotopic (exact) mass is 184 g/mol. The molecule has 0 radical (unpaired) electrons. The zero-order chi connectivity index (χ0) is 7.28. The maximum absolute atomic E-state index is 10.2. The highest BCUT2D eigenvalue weighted by Gasteiger charge is 2.01. The van der Waals surface area contributed by atoms with Crippen LogP contribution in [0.5, 0.6) is 0 Å². The largest absolute Gasteiger partial charge is 1.00 e. The number of carbonyl (C=O) groups is 1. The number of esters is 1. The van der Waals surface area contributed by atoms with E-state index in [1.165, 1.54) is 6.92 Å². The van der Waals surface area contributed by atoms with Crippen LogP contribution in [0.2, 0.25) is 0 Å². The van der Waals surface area contributed by atoms with Gasteiger partial charge in [0.15, 0.2) is 0 Å². The van der Waals surface area contributed by atoms with Crippen LogP contribution in [0.25, 0.3) is 0 Å².